The minimum Gasteiger partial charge on any atom is -0.0827 e. The molecule has 0 heterocycles. The molecule has 0 unspecified atom stereocenters. The third kappa shape index (κ3) is 1.60. The van der Waals surface area contributed by atoms with Crippen molar-refractivity contribution in [2.45, 2.75) is 6.92 Å². The van der Waals surface area contributed by atoms with Gasteiger partial charge < -0.3 is 0 Å². The lowest BCUT2D eigenvalue weighted by atomic mass is 10.2. The maximum atomic E-state index is 7.40. The summed E-state index contributed by atoms with van der Waals surface area (Å²) in [7, 11) is 0. The smallest absolute Gasteiger partial charge is 0.0642 e. The average Bonchev–Trinajstić information content (AvgIpc) is 2.08. The van der Waals surface area contributed by atoms with E-state index in [0.717, 1.165) is 0 Å². The summed E-state index contributed by atoms with van der Waals surface area (Å²) in [6.07, 6.45) is 0. The van der Waals surface area contributed by atoms with Crippen LogP contribution in [0, 0.1) is 6.92 Å². The fourth-order valence-corrected chi connectivity index (χ4v) is 0.738. The summed E-state index contributed by atoms with van der Waals surface area (Å²) < 4.78 is 22.1. The largest absolute Gasteiger partial charge is 0.0827 e. The Labute approximate surface area is 68.6 Å². The lowest BCUT2D eigenvalue weighted by Gasteiger charge is -1.94. The van der Waals surface area contributed by atoms with Gasteiger partial charge in [-0.05, 0) is 24.6 Å². The van der Waals surface area contributed by atoms with Crippen molar-refractivity contribution in [3.63, 3.8) is 0 Å². The van der Waals surface area contributed by atoms with Crippen molar-refractivity contribution in [1.82, 2.24) is 0 Å². The Kier molecular flexibility index (Phi) is 1.11. The van der Waals surface area contributed by atoms with E-state index in [0.29, 0.717) is 5.56 Å². The zero-order chi connectivity index (χ0) is 9.46. The summed E-state index contributed by atoms with van der Waals surface area (Å²) in [5.41, 5.74) is 0.384. The van der Waals surface area contributed by atoms with Gasteiger partial charge in [0.2, 0.25) is 0 Å². The van der Waals surface area contributed by atoms with E-state index in [9.17, 15) is 0 Å². The Morgan fingerprint density at radius 2 is 2.00 bits per heavy atom. The van der Waals surface area contributed by atoms with E-state index >= 15 is 0 Å². The predicted octanol–water partition coefficient (Wildman–Crippen LogP) is 3.30. The molecule has 0 fully saturated rings. The topological polar surface area (TPSA) is 0 Å². The third-order valence-electron chi connectivity index (χ3n) is 0.850. The Hall–Kier alpha value is -0.200. The van der Waals surface area contributed by atoms with Crippen LogP contribution < -0.4 is 0 Å². The summed E-state index contributed by atoms with van der Waals surface area (Å²) in [5, 5.41) is 0.0347. The SMILES string of the molecule is [2H]c1c([2H])c(Cl)c(Cl)c([2H])c1C. The monoisotopic (exact) mass is 163 g/mol. The summed E-state index contributed by atoms with van der Waals surface area (Å²) in [5.74, 6) is 0. The first-order chi connectivity index (χ1) is 5.46. The highest BCUT2D eigenvalue weighted by Gasteiger charge is 1.93. The standard InChI is InChI=1S/C7H6Cl2/c1-5-2-3-6(8)7(9)4-5/h2-4H,1H3/i2D,3D,4D. The van der Waals surface area contributed by atoms with Gasteiger partial charge >= 0.3 is 0 Å². The minimum atomic E-state index is -0.116. The maximum Gasteiger partial charge on any atom is 0.0642 e. The Balaban J connectivity index is 3.60. The second-order valence-electron chi connectivity index (χ2n) is 1.63. The molecular formula is C7H6Cl2. The molecule has 0 spiro atoms. The van der Waals surface area contributed by atoms with Crippen LogP contribution in [0.3, 0.4) is 0 Å². The fourth-order valence-electron chi connectivity index (χ4n) is 0.454. The first-order valence-corrected chi connectivity index (χ1v) is 3.13. The van der Waals surface area contributed by atoms with Crippen LogP contribution in [0.2, 0.25) is 10.0 Å². The molecule has 1 aromatic rings. The third-order valence-corrected chi connectivity index (χ3v) is 1.51. The quantitative estimate of drug-likeness (QED) is 0.551. The van der Waals surface area contributed by atoms with Crippen molar-refractivity contribution < 1.29 is 4.11 Å². The Bertz CT molecular complexity index is 231. The van der Waals surface area contributed by atoms with Gasteiger partial charge in [-0.3, -0.25) is 0 Å². The summed E-state index contributed by atoms with van der Waals surface area (Å²) in [4.78, 5) is 0. The predicted molar refractivity (Wildman–Crippen MR) is 41.2 cm³/mol. The highest BCUT2D eigenvalue weighted by atomic mass is 35.5. The van der Waals surface area contributed by atoms with Crippen molar-refractivity contribution in [2.24, 2.45) is 0 Å². The molecule has 0 atom stereocenters. The Morgan fingerprint density at radius 3 is 2.67 bits per heavy atom. The van der Waals surface area contributed by atoms with E-state index in [1.165, 1.54) is 0 Å². The number of hydrogen-bond donors (Lipinski definition) is 0. The van der Waals surface area contributed by atoms with Crippen LogP contribution in [0.4, 0.5) is 0 Å². The molecule has 0 N–H and O–H groups in total. The molecular weight excluding hydrogens is 155 g/mol. The lowest BCUT2D eigenvalue weighted by Crippen LogP contribution is -1.70. The molecule has 0 radical (unpaired) electrons. The molecule has 0 saturated carbocycles. The van der Waals surface area contributed by atoms with Crippen molar-refractivity contribution in [2.75, 3.05) is 0 Å². The first kappa shape index (κ1) is 3.85. The molecule has 1 rings (SSSR count). The van der Waals surface area contributed by atoms with E-state index in [2.05, 4.69) is 0 Å². The van der Waals surface area contributed by atoms with Gasteiger partial charge in [-0.2, -0.15) is 0 Å². The van der Waals surface area contributed by atoms with Crippen LogP contribution in [-0.4, -0.2) is 0 Å². The molecule has 2 heteroatoms. The lowest BCUT2D eigenvalue weighted by molar-refractivity contribution is 1.47. The molecule has 48 valence electrons. The number of benzene rings is 1. The molecule has 0 aromatic heterocycles. The van der Waals surface area contributed by atoms with Gasteiger partial charge in [0.05, 0.1) is 14.2 Å². The van der Waals surface area contributed by atoms with Crippen LogP contribution in [-0.2, 0) is 0 Å². The van der Waals surface area contributed by atoms with E-state index in [1.54, 1.807) is 6.92 Å². The van der Waals surface area contributed by atoms with Gasteiger partial charge in [-0.15, -0.1) is 0 Å². The summed E-state index contributed by atoms with van der Waals surface area (Å²) in [6.45, 7) is 1.57. The van der Waals surface area contributed by atoms with Crippen LogP contribution in [0.1, 0.15) is 9.68 Å². The molecule has 0 aliphatic rings. The van der Waals surface area contributed by atoms with Gasteiger partial charge in [-0.25, -0.2) is 0 Å². The van der Waals surface area contributed by atoms with Crippen molar-refractivity contribution in [3.05, 3.63) is 33.7 Å². The van der Waals surface area contributed by atoms with Gasteiger partial charge in [0.25, 0.3) is 0 Å². The minimum absolute atomic E-state index is 0.0164. The van der Waals surface area contributed by atoms with Crippen molar-refractivity contribution >= 4 is 23.2 Å². The van der Waals surface area contributed by atoms with E-state index < -0.39 is 0 Å². The second kappa shape index (κ2) is 2.59. The number of hydrogen-bond acceptors (Lipinski definition) is 0. The molecule has 0 nitrogen and oxygen atoms in total. The highest BCUT2D eigenvalue weighted by Crippen LogP contribution is 2.21. The second-order valence-corrected chi connectivity index (χ2v) is 2.38. The fraction of sp³-hybridized carbons (Fsp3) is 0.143. The molecule has 0 bridgehead atoms. The van der Waals surface area contributed by atoms with Crippen LogP contribution in [0.25, 0.3) is 0 Å². The zero-order valence-electron chi connectivity index (χ0n) is 7.76. The van der Waals surface area contributed by atoms with Gasteiger partial charge in [0.15, 0.2) is 0 Å². The van der Waals surface area contributed by atoms with Crippen LogP contribution in [0.5, 0.6) is 0 Å². The molecule has 1 aromatic carbocycles. The summed E-state index contributed by atoms with van der Waals surface area (Å²) in [6, 6.07) is -0.118. The van der Waals surface area contributed by atoms with E-state index in [4.69, 9.17) is 27.3 Å². The van der Waals surface area contributed by atoms with Crippen LogP contribution in [0.15, 0.2) is 18.1 Å². The van der Waals surface area contributed by atoms with E-state index in [-0.39, 0.29) is 28.2 Å². The first-order valence-electron chi connectivity index (χ1n) is 3.88. The van der Waals surface area contributed by atoms with Gasteiger partial charge in [0.1, 0.15) is 0 Å². The number of rotatable bonds is 0. The zero-order valence-corrected chi connectivity index (χ0v) is 6.27. The average molecular weight is 164 g/mol. The van der Waals surface area contributed by atoms with Crippen molar-refractivity contribution in [1.29, 1.82) is 0 Å². The van der Waals surface area contributed by atoms with Gasteiger partial charge in [0, 0.05) is 0 Å². The van der Waals surface area contributed by atoms with Crippen LogP contribution >= 0.6 is 23.2 Å². The van der Waals surface area contributed by atoms with Gasteiger partial charge in [-0.1, -0.05) is 29.2 Å². The molecule has 0 saturated heterocycles. The highest BCUT2D eigenvalue weighted by molar-refractivity contribution is 6.41. The summed E-state index contributed by atoms with van der Waals surface area (Å²) >= 11 is 11.2. The molecule has 0 amide bonds. The molecule has 9 heavy (non-hydrogen) atoms. The normalized spacial score (nSPS) is 14.3. The Morgan fingerprint density at radius 1 is 1.33 bits per heavy atom. The number of halogens is 2. The molecule has 0 aliphatic carbocycles. The van der Waals surface area contributed by atoms with Crippen molar-refractivity contribution in [3.8, 4) is 0 Å². The van der Waals surface area contributed by atoms with E-state index in [1.807, 2.05) is 0 Å². The molecule has 0 aliphatic heterocycles. The maximum absolute atomic E-state index is 7.40.